The van der Waals surface area contributed by atoms with Crippen molar-refractivity contribution in [2.75, 3.05) is 7.05 Å². The minimum absolute atomic E-state index is 0.208. The molecule has 4 aliphatic carbocycles. The smallest absolute Gasteiger partial charge is 0.320 e. The molecule has 2 fully saturated rings. The lowest BCUT2D eigenvalue weighted by atomic mass is 9.45. The summed E-state index contributed by atoms with van der Waals surface area (Å²) >= 11 is 0. The van der Waals surface area contributed by atoms with E-state index in [0.29, 0.717) is 23.3 Å². The highest BCUT2D eigenvalue weighted by atomic mass is 15.1. The van der Waals surface area contributed by atoms with E-state index < -0.39 is 0 Å². The van der Waals surface area contributed by atoms with Crippen molar-refractivity contribution in [2.45, 2.75) is 65.3 Å². The summed E-state index contributed by atoms with van der Waals surface area (Å²) < 4.78 is 2.40. The van der Waals surface area contributed by atoms with Gasteiger partial charge in [-0.15, -0.1) is 0 Å². The molecule has 1 aromatic carbocycles. The molecule has 2 saturated carbocycles. The van der Waals surface area contributed by atoms with Gasteiger partial charge in [0, 0.05) is 24.2 Å². The van der Waals surface area contributed by atoms with Crippen molar-refractivity contribution >= 4 is 16.7 Å². The average molecular weight is 468 g/mol. The van der Waals surface area contributed by atoms with Crippen LogP contribution in [0, 0.1) is 41.1 Å². The first-order valence-corrected chi connectivity index (χ1v) is 13.5. The lowest BCUT2D eigenvalue weighted by Crippen LogP contribution is -2.54. The molecule has 4 aliphatic rings. The summed E-state index contributed by atoms with van der Waals surface area (Å²) in [5.41, 5.74) is 6.07. The molecule has 0 aliphatic heterocycles. The Hall–Kier alpha value is -2.80. The van der Waals surface area contributed by atoms with Gasteiger partial charge in [-0.25, -0.2) is 4.98 Å². The molecule has 4 heteroatoms. The first kappa shape index (κ1) is 22.7. The maximum absolute atomic E-state index is 5.33. The first-order chi connectivity index (χ1) is 16.9. The van der Waals surface area contributed by atoms with Gasteiger partial charge in [0.25, 0.3) is 6.57 Å². The lowest BCUT2D eigenvalue weighted by molar-refractivity contribution is -0.0535. The van der Waals surface area contributed by atoms with Crippen LogP contribution < -0.4 is 0 Å². The molecule has 182 valence electrons. The van der Waals surface area contributed by atoms with Crippen LogP contribution in [-0.2, 0) is 0 Å². The molecule has 0 saturated heterocycles. The van der Waals surface area contributed by atoms with Crippen LogP contribution in [0.15, 0.2) is 60.7 Å². The fraction of sp³-hybridized carbons (Fsp3) is 0.548. The predicted octanol–water partition coefficient (Wildman–Crippen LogP) is 7.43. The summed E-state index contributed by atoms with van der Waals surface area (Å²) in [5, 5.41) is 0. The fourth-order valence-electron chi connectivity index (χ4n) is 9.03. The van der Waals surface area contributed by atoms with E-state index in [4.69, 9.17) is 11.6 Å². The Kier molecular flexibility index (Phi) is 5.25. The molecule has 2 aromatic rings. The molecule has 0 amide bonds. The van der Waals surface area contributed by atoms with E-state index in [2.05, 4.69) is 84.9 Å². The number of rotatable bonds is 3. The maximum Gasteiger partial charge on any atom is 0.320 e. The molecule has 4 nitrogen and oxygen atoms in total. The maximum atomic E-state index is 5.33. The average Bonchev–Trinajstić information content (AvgIpc) is 3.41. The lowest BCUT2D eigenvalue weighted by Gasteiger charge is -2.60. The quantitative estimate of drug-likeness (QED) is 0.439. The SMILES string of the molecule is C#[N+]/C=C\N(C)C1CCC2(C)C(=CCC3C4CC=C(n5cnc6ccccc65)C4(C)CC(C)C32)C1. The van der Waals surface area contributed by atoms with Gasteiger partial charge in [0.1, 0.15) is 6.33 Å². The van der Waals surface area contributed by atoms with Gasteiger partial charge in [-0.05, 0) is 84.6 Å². The summed E-state index contributed by atoms with van der Waals surface area (Å²) in [6.07, 6.45) is 18.4. The number of fused-ring (bicyclic) bond motifs is 6. The third-order valence-electron chi connectivity index (χ3n) is 10.5. The second-order valence-corrected chi connectivity index (χ2v) is 12.2. The van der Waals surface area contributed by atoms with Gasteiger partial charge in [-0.2, -0.15) is 0 Å². The van der Waals surface area contributed by atoms with Crippen LogP contribution in [0.25, 0.3) is 21.6 Å². The van der Waals surface area contributed by atoms with Crippen molar-refractivity contribution in [1.82, 2.24) is 14.5 Å². The molecule has 7 atom stereocenters. The van der Waals surface area contributed by atoms with Gasteiger partial charge >= 0.3 is 6.20 Å². The third-order valence-corrected chi connectivity index (χ3v) is 10.5. The predicted molar refractivity (Wildman–Crippen MR) is 145 cm³/mol. The van der Waals surface area contributed by atoms with Crippen LogP contribution in [0.3, 0.4) is 0 Å². The minimum Gasteiger partial charge on any atom is -0.371 e. The van der Waals surface area contributed by atoms with E-state index in [-0.39, 0.29) is 5.41 Å². The summed E-state index contributed by atoms with van der Waals surface area (Å²) in [6.45, 7) is 13.0. The molecular weight excluding hydrogens is 428 g/mol. The monoisotopic (exact) mass is 467 g/mol. The van der Waals surface area contributed by atoms with Gasteiger partial charge < -0.3 is 9.47 Å². The molecular formula is C31H39N4+. The molecule has 1 aromatic heterocycles. The van der Waals surface area contributed by atoms with E-state index in [0.717, 1.165) is 17.4 Å². The number of nitrogens with zero attached hydrogens (tertiary/aromatic N) is 4. The van der Waals surface area contributed by atoms with Crippen LogP contribution in [-0.4, -0.2) is 27.5 Å². The number of allylic oxidation sites excluding steroid dienone is 3. The van der Waals surface area contributed by atoms with Gasteiger partial charge in [-0.1, -0.05) is 50.6 Å². The molecule has 6 rings (SSSR count). The third kappa shape index (κ3) is 3.27. The second kappa shape index (κ2) is 8.12. The number of aromatic nitrogens is 2. The van der Waals surface area contributed by atoms with Gasteiger partial charge in [0.05, 0.1) is 17.2 Å². The zero-order valence-electron chi connectivity index (χ0n) is 21.7. The zero-order valence-corrected chi connectivity index (χ0v) is 21.7. The van der Waals surface area contributed by atoms with E-state index in [1.54, 1.807) is 11.8 Å². The van der Waals surface area contributed by atoms with Gasteiger partial charge in [0.2, 0.25) is 0 Å². The van der Waals surface area contributed by atoms with E-state index >= 15 is 0 Å². The van der Waals surface area contributed by atoms with Crippen molar-refractivity contribution in [3.8, 4) is 6.57 Å². The summed E-state index contributed by atoms with van der Waals surface area (Å²) in [4.78, 5) is 10.7. The number of benzene rings is 1. The minimum atomic E-state index is 0.208. The van der Waals surface area contributed by atoms with E-state index in [1.165, 1.54) is 49.7 Å². The van der Waals surface area contributed by atoms with Crippen LogP contribution in [0.2, 0.25) is 0 Å². The summed E-state index contributed by atoms with van der Waals surface area (Å²) in [7, 11) is 2.17. The Labute approximate surface area is 210 Å². The largest absolute Gasteiger partial charge is 0.371 e. The van der Waals surface area contributed by atoms with Crippen LogP contribution >= 0.6 is 0 Å². The normalized spacial score (nSPS) is 38.3. The second-order valence-electron chi connectivity index (χ2n) is 12.2. The highest BCUT2D eigenvalue weighted by molar-refractivity contribution is 5.80. The summed E-state index contributed by atoms with van der Waals surface area (Å²) in [5.74, 6) is 2.94. The number of hydrogen-bond acceptors (Lipinski definition) is 2. The topological polar surface area (TPSA) is 25.4 Å². The number of hydrogen-bond donors (Lipinski definition) is 0. The zero-order chi connectivity index (χ0) is 24.4. The fourth-order valence-corrected chi connectivity index (χ4v) is 9.03. The molecule has 1 heterocycles. The van der Waals surface area contributed by atoms with Crippen LogP contribution in [0.4, 0.5) is 0 Å². The Balaban J connectivity index is 1.31. The van der Waals surface area contributed by atoms with Crippen molar-refractivity contribution < 1.29 is 0 Å². The van der Waals surface area contributed by atoms with Gasteiger partial charge in [0.15, 0.2) is 0 Å². The standard InChI is InChI=1S/C31H39N4/c1-21-19-31(3)25(12-13-28(31)35-20-33-26-8-6-7-9-27(26)35)24-11-10-22-18-23(34(5)17-16-32-4)14-15-30(22,2)29(21)24/h4,6-10,13,16-17,20-21,23-25,29H,11-12,14-15,18-19H2,1-3,5H3/q+1/b17-16-. The van der Waals surface area contributed by atoms with E-state index in [9.17, 15) is 0 Å². The molecule has 0 bridgehead atoms. The van der Waals surface area contributed by atoms with Crippen molar-refractivity contribution in [3.05, 3.63) is 65.6 Å². The summed E-state index contributed by atoms with van der Waals surface area (Å²) in [6, 6.07) is 9.12. The van der Waals surface area contributed by atoms with Crippen molar-refractivity contribution in [1.29, 1.82) is 0 Å². The Morgan fingerprint density at radius 1 is 1.17 bits per heavy atom. The van der Waals surface area contributed by atoms with Crippen LogP contribution in [0.5, 0.6) is 0 Å². The van der Waals surface area contributed by atoms with Crippen molar-refractivity contribution in [2.24, 2.45) is 34.5 Å². The molecule has 35 heavy (non-hydrogen) atoms. The van der Waals surface area contributed by atoms with Gasteiger partial charge in [-0.3, -0.25) is 0 Å². The Morgan fingerprint density at radius 2 is 2.00 bits per heavy atom. The Bertz CT molecular complexity index is 1270. The Morgan fingerprint density at radius 3 is 2.83 bits per heavy atom. The molecule has 0 radical (unpaired) electrons. The highest BCUT2D eigenvalue weighted by Gasteiger charge is 2.59. The van der Waals surface area contributed by atoms with Crippen LogP contribution in [0.1, 0.15) is 59.3 Å². The molecule has 7 unspecified atom stereocenters. The highest BCUT2D eigenvalue weighted by Crippen LogP contribution is 2.67. The molecule has 0 spiro atoms. The van der Waals surface area contributed by atoms with E-state index in [1.807, 2.05) is 6.20 Å². The number of para-hydroxylation sites is 2. The molecule has 0 N–H and O–H groups in total. The van der Waals surface area contributed by atoms with Crippen molar-refractivity contribution in [3.63, 3.8) is 0 Å². The first-order valence-electron chi connectivity index (χ1n) is 13.5. The number of imidazole rings is 1.